The summed E-state index contributed by atoms with van der Waals surface area (Å²) in [7, 11) is 0. The summed E-state index contributed by atoms with van der Waals surface area (Å²) in [6, 6.07) is 12.4. The number of halogens is 3. The van der Waals surface area contributed by atoms with Crippen molar-refractivity contribution in [2.24, 2.45) is 0 Å². The summed E-state index contributed by atoms with van der Waals surface area (Å²) in [4.78, 5) is 0. The quantitative estimate of drug-likeness (QED) is 0.853. The Morgan fingerprint density at radius 3 is 2.65 bits per heavy atom. The van der Waals surface area contributed by atoms with Gasteiger partial charge in [0.1, 0.15) is 5.82 Å². The lowest BCUT2D eigenvalue weighted by atomic mass is 10.2. The summed E-state index contributed by atoms with van der Waals surface area (Å²) in [6.45, 7) is 0.600. The minimum Gasteiger partial charge on any atom is -0.380 e. The molecule has 0 saturated carbocycles. The van der Waals surface area contributed by atoms with Crippen molar-refractivity contribution < 1.29 is 4.39 Å². The fourth-order valence-electron chi connectivity index (χ4n) is 1.45. The molecule has 2 aromatic carbocycles. The summed E-state index contributed by atoms with van der Waals surface area (Å²) in [6.07, 6.45) is 0. The van der Waals surface area contributed by atoms with Gasteiger partial charge in [-0.05, 0) is 45.8 Å². The van der Waals surface area contributed by atoms with Gasteiger partial charge in [-0.2, -0.15) is 0 Å². The first-order valence-electron chi connectivity index (χ1n) is 5.09. The SMILES string of the molecule is Fc1ccc(CNc2ccccc2Cl)cc1Br. The van der Waals surface area contributed by atoms with Crippen molar-refractivity contribution in [3.8, 4) is 0 Å². The zero-order chi connectivity index (χ0) is 12.3. The van der Waals surface area contributed by atoms with Crippen molar-refractivity contribution in [1.29, 1.82) is 0 Å². The Labute approximate surface area is 113 Å². The van der Waals surface area contributed by atoms with E-state index >= 15 is 0 Å². The van der Waals surface area contributed by atoms with Gasteiger partial charge < -0.3 is 5.32 Å². The van der Waals surface area contributed by atoms with Crippen LogP contribution < -0.4 is 5.32 Å². The third-order valence-electron chi connectivity index (χ3n) is 2.34. The summed E-state index contributed by atoms with van der Waals surface area (Å²) in [5.41, 5.74) is 1.85. The van der Waals surface area contributed by atoms with E-state index in [1.165, 1.54) is 6.07 Å². The van der Waals surface area contributed by atoms with Crippen molar-refractivity contribution in [2.45, 2.75) is 6.54 Å². The molecule has 0 aliphatic heterocycles. The van der Waals surface area contributed by atoms with Crippen LogP contribution in [0, 0.1) is 5.82 Å². The van der Waals surface area contributed by atoms with Gasteiger partial charge in [0.15, 0.2) is 0 Å². The molecular weight excluding hydrogens is 305 g/mol. The zero-order valence-corrected chi connectivity index (χ0v) is 11.2. The highest BCUT2D eigenvalue weighted by molar-refractivity contribution is 9.10. The van der Waals surface area contributed by atoms with Gasteiger partial charge in [-0.15, -0.1) is 0 Å². The maximum absolute atomic E-state index is 13.0. The molecule has 0 bridgehead atoms. The highest BCUT2D eigenvalue weighted by atomic mass is 79.9. The molecule has 0 aromatic heterocycles. The maximum atomic E-state index is 13.0. The van der Waals surface area contributed by atoms with E-state index in [1.807, 2.05) is 24.3 Å². The van der Waals surface area contributed by atoms with Gasteiger partial charge in [0, 0.05) is 6.54 Å². The molecule has 0 aliphatic carbocycles. The fourth-order valence-corrected chi connectivity index (χ4v) is 2.08. The number of benzene rings is 2. The second kappa shape index (κ2) is 5.52. The van der Waals surface area contributed by atoms with Crippen molar-refractivity contribution in [3.05, 3.63) is 63.3 Å². The average molecular weight is 315 g/mol. The molecular formula is C13H10BrClFN. The van der Waals surface area contributed by atoms with E-state index < -0.39 is 0 Å². The molecule has 0 aliphatic rings. The minimum atomic E-state index is -0.258. The first kappa shape index (κ1) is 12.4. The van der Waals surface area contributed by atoms with Gasteiger partial charge in [-0.25, -0.2) is 4.39 Å². The lowest BCUT2D eigenvalue weighted by Crippen LogP contribution is -2.00. The van der Waals surface area contributed by atoms with E-state index in [1.54, 1.807) is 12.1 Å². The highest BCUT2D eigenvalue weighted by Crippen LogP contribution is 2.22. The van der Waals surface area contributed by atoms with Gasteiger partial charge in [0.05, 0.1) is 15.2 Å². The third kappa shape index (κ3) is 3.20. The summed E-state index contributed by atoms with van der Waals surface area (Å²) in [5.74, 6) is -0.258. The lowest BCUT2D eigenvalue weighted by Gasteiger charge is -2.08. The van der Waals surface area contributed by atoms with Crippen LogP contribution in [0.4, 0.5) is 10.1 Å². The standard InChI is InChI=1S/C13H10BrClFN/c14-10-7-9(5-6-12(10)16)8-17-13-4-2-1-3-11(13)15/h1-7,17H,8H2. The van der Waals surface area contributed by atoms with Crippen LogP contribution >= 0.6 is 27.5 Å². The predicted molar refractivity (Wildman–Crippen MR) is 72.9 cm³/mol. The van der Waals surface area contributed by atoms with E-state index in [0.717, 1.165) is 11.3 Å². The van der Waals surface area contributed by atoms with Crippen LogP contribution in [-0.4, -0.2) is 0 Å². The first-order chi connectivity index (χ1) is 8.16. The molecule has 0 fully saturated rings. The van der Waals surface area contributed by atoms with Gasteiger partial charge in [-0.3, -0.25) is 0 Å². The molecule has 0 amide bonds. The predicted octanol–water partition coefficient (Wildman–Crippen LogP) is 4.85. The smallest absolute Gasteiger partial charge is 0.137 e. The number of hydrogen-bond donors (Lipinski definition) is 1. The van der Waals surface area contributed by atoms with Gasteiger partial charge in [-0.1, -0.05) is 29.8 Å². The molecule has 0 unspecified atom stereocenters. The monoisotopic (exact) mass is 313 g/mol. The molecule has 88 valence electrons. The number of para-hydroxylation sites is 1. The molecule has 0 saturated heterocycles. The number of anilines is 1. The Kier molecular flexibility index (Phi) is 4.02. The Morgan fingerprint density at radius 1 is 1.18 bits per heavy atom. The number of hydrogen-bond acceptors (Lipinski definition) is 1. The first-order valence-corrected chi connectivity index (χ1v) is 6.26. The molecule has 0 spiro atoms. The lowest BCUT2D eigenvalue weighted by molar-refractivity contribution is 0.620. The second-order valence-electron chi connectivity index (χ2n) is 3.58. The van der Waals surface area contributed by atoms with E-state index in [0.29, 0.717) is 16.0 Å². The van der Waals surface area contributed by atoms with Crippen LogP contribution in [0.1, 0.15) is 5.56 Å². The van der Waals surface area contributed by atoms with Gasteiger partial charge in [0.25, 0.3) is 0 Å². The van der Waals surface area contributed by atoms with Gasteiger partial charge >= 0.3 is 0 Å². The average Bonchev–Trinajstić information content (AvgIpc) is 2.32. The molecule has 17 heavy (non-hydrogen) atoms. The van der Waals surface area contributed by atoms with Crippen molar-refractivity contribution in [1.82, 2.24) is 0 Å². The number of rotatable bonds is 3. The van der Waals surface area contributed by atoms with Crippen LogP contribution in [0.15, 0.2) is 46.9 Å². The van der Waals surface area contributed by atoms with Crippen LogP contribution in [-0.2, 0) is 6.54 Å². The van der Waals surface area contributed by atoms with Crippen LogP contribution in [0.25, 0.3) is 0 Å². The van der Waals surface area contributed by atoms with E-state index in [4.69, 9.17) is 11.6 Å². The summed E-state index contributed by atoms with van der Waals surface area (Å²) >= 11 is 9.17. The second-order valence-corrected chi connectivity index (χ2v) is 4.84. The summed E-state index contributed by atoms with van der Waals surface area (Å²) < 4.78 is 13.5. The largest absolute Gasteiger partial charge is 0.380 e. The molecule has 2 rings (SSSR count). The Morgan fingerprint density at radius 2 is 1.94 bits per heavy atom. The van der Waals surface area contributed by atoms with Crippen LogP contribution in [0.3, 0.4) is 0 Å². The summed E-state index contributed by atoms with van der Waals surface area (Å²) in [5, 5.41) is 3.88. The molecule has 1 nitrogen and oxygen atoms in total. The Hall–Kier alpha value is -1.06. The zero-order valence-electron chi connectivity index (χ0n) is 8.88. The fraction of sp³-hybridized carbons (Fsp3) is 0.0769. The number of nitrogens with one attached hydrogen (secondary N) is 1. The maximum Gasteiger partial charge on any atom is 0.137 e. The van der Waals surface area contributed by atoms with Crippen LogP contribution in [0.5, 0.6) is 0 Å². The van der Waals surface area contributed by atoms with Gasteiger partial charge in [0.2, 0.25) is 0 Å². The Bertz CT molecular complexity index is 531. The van der Waals surface area contributed by atoms with Crippen LogP contribution in [0.2, 0.25) is 5.02 Å². The normalized spacial score (nSPS) is 10.3. The van der Waals surface area contributed by atoms with Crippen molar-refractivity contribution >= 4 is 33.2 Å². The minimum absolute atomic E-state index is 0.258. The van der Waals surface area contributed by atoms with E-state index in [-0.39, 0.29) is 5.82 Å². The third-order valence-corrected chi connectivity index (χ3v) is 3.28. The molecule has 0 atom stereocenters. The Balaban J connectivity index is 2.08. The molecule has 0 heterocycles. The molecule has 0 radical (unpaired) electrons. The molecule has 2 aromatic rings. The highest BCUT2D eigenvalue weighted by Gasteiger charge is 2.02. The van der Waals surface area contributed by atoms with E-state index in [9.17, 15) is 4.39 Å². The van der Waals surface area contributed by atoms with Crippen molar-refractivity contribution in [2.75, 3.05) is 5.32 Å². The molecule has 4 heteroatoms. The topological polar surface area (TPSA) is 12.0 Å². The molecule has 1 N–H and O–H groups in total. The van der Waals surface area contributed by atoms with Crippen molar-refractivity contribution in [3.63, 3.8) is 0 Å². The van der Waals surface area contributed by atoms with E-state index in [2.05, 4.69) is 21.2 Å².